The van der Waals surface area contributed by atoms with Gasteiger partial charge < -0.3 is 0 Å². The smallest absolute Gasteiger partial charge is 0.115 e. The number of para-hydroxylation sites is 1. The van der Waals surface area contributed by atoms with Gasteiger partial charge in [0.1, 0.15) is 5.82 Å². The Bertz CT molecular complexity index is 848. The highest BCUT2D eigenvalue weighted by molar-refractivity contribution is 9.10. The number of alkyl halides is 1. The van der Waals surface area contributed by atoms with Gasteiger partial charge in [0, 0.05) is 16.8 Å². The second-order valence-corrected chi connectivity index (χ2v) is 5.80. The van der Waals surface area contributed by atoms with Crippen molar-refractivity contribution in [3.63, 3.8) is 0 Å². The molecule has 1 aromatic heterocycles. The number of hydrogen-bond acceptors (Lipinski definition) is 2. The summed E-state index contributed by atoms with van der Waals surface area (Å²) in [5.74, 6) is 1.39. The van der Waals surface area contributed by atoms with Gasteiger partial charge in [0.05, 0.1) is 28.4 Å². The Morgan fingerprint density at radius 2 is 2.05 bits per heavy atom. The Morgan fingerprint density at radius 3 is 2.76 bits per heavy atom. The Kier molecular flexibility index (Phi) is 3.96. The van der Waals surface area contributed by atoms with Crippen molar-refractivity contribution in [2.24, 2.45) is 0 Å². The molecule has 0 radical (unpaired) electrons. The van der Waals surface area contributed by atoms with Gasteiger partial charge in [0.2, 0.25) is 0 Å². The van der Waals surface area contributed by atoms with Gasteiger partial charge in [-0.2, -0.15) is 5.26 Å². The Hall–Kier alpha value is -1.83. The maximum absolute atomic E-state index is 9.11. The van der Waals surface area contributed by atoms with E-state index in [-0.39, 0.29) is 0 Å². The fourth-order valence-corrected chi connectivity index (χ4v) is 2.98. The molecule has 0 atom stereocenters. The largest absolute Gasteiger partial charge is 0.295 e. The molecule has 0 spiro atoms. The lowest BCUT2D eigenvalue weighted by Crippen LogP contribution is -2.03. The van der Waals surface area contributed by atoms with Crippen molar-refractivity contribution in [2.75, 3.05) is 5.88 Å². The SMILES string of the molecule is N#Cc1ccc2nc(CCCl)n(-c3ccccc3Br)c2c1. The first-order chi connectivity index (χ1) is 10.2. The van der Waals surface area contributed by atoms with Crippen LogP contribution in [0.3, 0.4) is 0 Å². The minimum atomic E-state index is 0.499. The molecule has 2 aromatic carbocycles. The van der Waals surface area contributed by atoms with E-state index in [4.69, 9.17) is 16.9 Å². The summed E-state index contributed by atoms with van der Waals surface area (Å²) >= 11 is 9.48. The number of hydrogen-bond donors (Lipinski definition) is 0. The fourth-order valence-electron chi connectivity index (χ4n) is 2.35. The van der Waals surface area contributed by atoms with Crippen molar-refractivity contribution in [1.29, 1.82) is 5.26 Å². The minimum absolute atomic E-state index is 0.499. The standard InChI is InChI=1S/C16H11BrClN3/c17-12-3-1-2-4-14(12)21-15-9-11(10-19)5-6-13(15)20-16(21)7-8-18/h1-6,9H,7-8H2. The van der Waals surface area contributed by atoms with E-state index in [1.54, 1.807) is 6.07 Å². The quantitative estimate of drug-likeness (QED) is 0.648. The molecule has 0 aliphatic rings. The predicted molar refractivity (Wildman–Crippen MR) is 87.9 cm³/mol. The molecular weight excluding hydrogens is 350 g/mol. The van der Waals surface area contributed by atoms with Gasteiger partial charge in [-0.1, -0.05) is 12.1 Å². The third kappa shape index (κ3) is 2.55. The molecular formula is C16H11BrClN3. The van der Waals surface area contributed by atoms with Gasteiger partial charge >= 0.3 is 0 Å². The Morgan fingerprint density at radius 1 is 1.24 bits per heavy atom. The molecule has 0 aliphatic carbocycles. The Balaban J connectivity index is 2.35. The molecule has 0 unspecified atom stereocenters. The van der Waals surface area contributed by atoms with Crippen LogP contribution in [0.15, 0.2) is 46.9 Å². The molecule has 5 heteroatoms. The molecule has 3 aromatic rings. The highest BCUT2D eigenvalue weighted by atomic mass is 79.9. The third-order valence-corrected chi connectivity index (χ3v) is 4.12. The molecule has 0 amide bonds. The summed E-state index contributed by atoms with van der Waals surface area (Å²) in [5.41, 5.74) is 3.40. The molecule has 3 rings (SSSR count). The summed E-state index contributed by atoms with van der Waals surface area (Å²) < 4.78 is 3.03. The van der Waals surface area contributed by atoms with E-state index in [1.165, 1.54) is 0 Å². The average molecular weight is 361 g/mol. The lowest BCUT2D eigenvalue weighted by atomic mass is 10.2. The summed E-state index contributed by atoms with van der Waals surface area (Å²) in [6, 6.07) is 15.6. The van der Waals surface area contributed by atoms with Gasteiger partial charge in [0.25, 0.3) is 0 Å². The zero-order valence-corrected chi connectivity index (χ0v) is 13.4. The summed E-state index contributed by atoms with van der Waals surface area (Å²) in [6.07, 6.45) is 0.666. The van der Waals surface area contributed by atoms with Crippen molar-refractivity contribution < 1.29 is 0 Å². The van der Waals surface area contributed by atoms with E-state index in [9.17, 15) is 0 Å². The van der Waals surface area contributed by atoms with Crippen molar-refractivity contribution in [3.05, 3.63) is 58.3 Å². The molecule has 0 aliphatic heterocycles. The zero-order valence-electron chi connectivity index (χ0n) is 11.1. The minimum Gasteiger partial charge on any atom is -0.295 e. The van der Waals surface area contributed by atoms with Crippen LogP contribution in [0.4, 0.5) is 0 Å². The average Bonchev–Trinajstić information content (AvgIpc) is 2.85. The van der Waals surface area contributed by atoms with Crippen molar-refractivity contribution in [3.8, 4) is 11.8 Å². The van der Waals surface area contributed by atoms with Crippen molar-refractivity contribution in [1.82, 2.24) is 9.55 Å². The van der Waals surface area contributed by atoms with Crippen LogP contribution in [0.25, 0.3) is 16.7 Å². The molecule has 0 saturated carbocycles. The molecule has 0 N–H and O–H groups in total. The van der Waals surface area contributed by atoms with Crippen molar-refractivity contribution in [2.45, 2.75) is 6.42 Å². The van der Waals surface area contributed by atoms with E-state index in [0.29, 0.717) is 17.9 Å². The monoisotopic (exact) mass is 359 g/mol. The normalized spacial score (nSPS) is 10.7. The fraction of sp³-hybridized carbons (Fsp3) is 0.125. The lowest BCUT2D eigenvalue weighted by molar-refractivity contribution is 0.909. The topological polar surface area (TPSA) is 41.6 Å². The molecule has 21 heavy (non-hydrogen) atoms. The predicted octanol–water partition coefficient (Wildman–Crippen LogP) is 4.44. The van der Waals surface area contributed by atoms with Crippen LogP contribution < -0.4 is 0 Å². The first kappa shape index (κ1) is 14.1. The van der Waals surface area contributed by atoms with E-state index in [2.05, 4.69) is 31.6 Å². The van der Waals surface area contributed by atoms with E-state index in [1.807, 2.05) is 36.4 Å². The van der Waals surface area contributed by atoms with E-state index < -0.39 is 0 Å². The summed E-state index contributed by atoms with van der Waals surface area (Å²) in [6.45, 7) is 0. The Labute approximate surface area is 135 Å². The van der Waals surface area contributed by atoms with E-state index in [0.717, 1.165) is 27.0 Å². The van der Waals surface area contributed by atoms with Crippen LogP contribution in [0.2, 0.25) is 0 Å². The summed E-state index contributed by atoms with van der Waals surface area (Å²) in [5, 5.41) is 9.11. The number of nitrogens with zero attached hydrogens (tertiary/aromatic N) is 3. The second kappa shape index (κ2) is 5.88. The van der Waals surface area contributed by atoms with Gasteiger partial charge in [0.15, 0.2) is 0 Å². The molecule has 1 heterocycles. The van der Waals surface area contributed by atoms with E-state index >= 15 is 0 Å². The molecule has 0 fully saturated rings. The first-order valence-corrected chi connectivity index (χ1v) is 7.79. The van der Waals surface area contributed by atoms with Gasteiger partial charge in [-0.25, -0.2) is 4.98 Å². The number of imidazole rings is 1. The van der Waals surface area contributed by atoms with Crippen LogP contribution in [0.1, 0.15) is 11.4 Å². The number of benzene rings is 2. The van der Waals surface area contributed by atoms with Crippen LogP contribution >= 0.6 is 27.5 Å². The first-order valence-electron chi connectivity index (χ1n) is 6.47. The molecule has 0 bridgehead atoms. The van der Waals surface area contributed by atoms with Crippen molar-refractivity contribution >= 4 is 38.6 Å². The van der Waals surface area contributed by atoms with Gasteiger partial charge in [-0.05, 0) is 46.3 Å². The van der Waals surface area contributed by atoms with Gasteiger partial charge in [-0.15, -0.1) is 11.6 Å². The highest BCUT2D eigenvalue weighted by Crippen LogP contribution is 2.28. The number of fused-ring (bicyclic) bond motifs is 1. The number of aryl methyl sites for hydroxylation is 1. The maximum atomic E-state index is 9.11. The number of aromatic nitrogens is 2. The second-order valence-electron chi connectivity index (χ2n) is 4.57. The molecule has 3 nitrogen and oxygen atoms in total. The summed E-state index contributed by atoms with van der Waals surface area (Å²) in [7, 11) is 0. The highest BCUT2D eigenvalue weighted by Gasteiger charge is 2.14. The zero-order chi connectivity index (χ0) is 14.8. The van der Waals surface area contributed by atoms with Crippen LogP contribution in [0, 0.1) is 11.3 Å². The molecule has 0 saturated heterocycles. The van der Waals surface area contributed by atoms with Crippen LogP contribution in [0.5, 0.6) is 0 Å². The lowest BCUT2D eigenvalue weighted by Gasteiger charge is -2.10. The number of halogens is 2. The van der Waals surface area contributed by atoms with Gasteiger partial charge in [-0.3, -0.25) is 4.57 Å². The number of nitriles is 1. The maximum Gasteiger partial charge on any atom is 0.115 e. The van der Waals surface area contributed by atoms with Crippen LogP contribution in [-0.4, -0.2) is 15.4 Å². The van der Waals surface area contributed by atoms with Crippen LogP contribution in [-0.2, 0) is 6.42 Å². The molecule has 104 valence electrons. The summed E-state index contributed by atoms with van der Waals surface area (Å²) in [4.78, 5) is 4.64. The third-order valence-electron chi connectivity index (χ3n) is 3.26. The number of rotatable bonds is 3.